The van der Waals surface area contributed by atoms with Crippen molar-refractivity contribution < 1.29 is 36.3 Å². The van der Waals surface area contributed by atoms with Crippen molar-refractivity contribution >= 4 is 73.3 Å². The zero-order valence-electron chi connectivity index (χ0n) is 37.3. The summed E-state index contributed by atoms with van der Waals surface area (Å²) in [5.41, 5.74) is 0. The van der Waals surface area contributed by atoms with Crippen LogP contribution in [0.5, 0.6) is 0 Å². The van der Waals surface area contributed by atoms with Gasteiger partial charge in [-0.25, -0.2) is 13.2 Å². The van der Waals surface area contributed by atoms with E-state index in [-0.39, 0.29) is 46.3 Å². The fourth-order valence-electron chi connectivity index (χ4n) is 6.92. The van der Waals surface area contributed by atoms with Crippen molar-refractivity contribution in [1.82, 2.24) is 4.90 Å². The molecule has 0 unspecified atom stereocenters. The number of hydrogen-bond acceptors (Lipinski definition) is 8. The Morgan fingerprint density at radius 1 is 0.948 bits per heavy atom. The van der Waals surface area contributed by atoms with E-state index in [1.54, 1.807) is 37.4 Å². The Hall–Kier alpha value is -1.39. The second kappa shape index (κ2) is 21.6. The van der Waals surface area contributed by atoms with Crippen molar-refractivity contribution in [2.75, 3.05) is 20.8 Å². The van der Waals surface area contributed by atoms with Crippen LogP contribution >= 0.6 is 34.8 Å². The number of esters is 1. The highest BCUT2D eigenvalue weighted by molar-refractivity contribution is 7.93. The zero-order valence-corrected chi connectivity index (χ0v) is 42.4. The van der Waals surface area contributed by atoms with Crippen molar-refractivity contribution in [3.8, 4) is 0 Å². The Bertz CT molecular complexity index is 1640. The predicted octanol–water partition coefficient (Wildman–Crippen LogP) is 12.2. The number of alkyl halides is 3. The summed E-state index contributed by atoms with van der Waals surface area (Å²) in [5, 5.41) is -0.256. The number of benzene rings is 1. The molecule has 332 valence electrons. The third-order valence-corrected chi connectivity index (χ3v) is 24.3. The summed E-state index contributed by atoms with van der Waals surface area (Å²) < 4.78 is 52.7. The Kier molecular flexibility index (Phi) is 19.7. The van der Waals surface area contributed by atoms with Crippen LogP contribution in [0.3, 0.4) is 0 Å². The van der Waals surface area contributed by atoms with E-state index in [1.807, 2.05) is 18.2 Å². The molecule has 0 heterocycles. The molecular formula is C43H72Cl3NO8SSi2. The van der Waals surface area contributed by atoms with E-state index in [0.29, 0.717) is 12.8 Å². The van der Waals surface area contributed by atoms with Gasteiger partial charge in [0.2, 0.25) is 3.79 Å². The van der Waals surface area contributed by atoms with Crippen LogP contribution < -0.4 is 0 Å². The standard InChI is InChI=1S/C43H72Cl3NO8SSi2/c1-14-15-19-24-33(54-57(10,11)40(2,3)4)28-29-35-36(55-58(12,13)41(5,6)7)31-37(47(8)39(49)53-32-43(44,45)46)42(35,30-23-17-16-22-27-38(48)52-9)56(50,51)34-25-20-18-21-26-34/h17-18,20-21,23,25-26,28-29,33,35-37H,14-16,19,22,24,27,30-32H2,1-13H3/b23-17-,29-28+/t33-,35-,36+,37-,42-/m0/s1. The summed E-state index contributed by atoms with van der Waals surface area (Å²) in [7, 11) is -6.20. The first-order valence-electron chi connectivity index (χ1n) is 20.6. The number of sulfone groups is 1. The minimum atomic E-state index is -4.28. The number of carbonyl (C=O) groups excluding carboxylic acids is 2. The quantitative estimate of drug-likeness (QED) is 0.0418. The first kappa shape index (κ1) is 52.8. The maximum Gasteiger partial charge on any atom is 0.409 e. The highest BCUT2D eigenvalue weighted by Gasteiger charge is 2.65. The predicted molar refractivity (Wildman–Crippen MR) is 245 cm³/mol. The number of ether oxygens (including phenoxy) is 2. The summed E-state index contributed by atoms with van der Waals surface area (Å²) in [6.45, 7) is 23.5. The number of carbonyl (C=O) groups is 2. The molecule has 0 aromatic heterocycles. The smallest absolute Gasteiger partial charge is 0.409 e. The minimum Gasteiger partial charge on any atom is -0.469 e. The molecule has 0 N–H and O–H groups in total. The molecule has 0 bridgehead atoms. The summed E-state index contributed by atoms with van der Waals surface area (Å²) in [4.78, 5) is 27.3. The third-order valence-electron chi connectivity index (χ3n) is 12.4. The van der Waals surface area contributed by atoms with E-state index >= 15 is 8.42 Å². The molecule has 1 aliphatic carbocycles. The van der Waals surface area contributed by atoms with Crippen molar-refractivity contribution in [3.63, 3.8) is 0 Å². The van der Waals surface area contributed by atoms with Crippen LogP contribution in [-0.2, 0) is 33.0 Å². The van der Waals surface area contributed by atoms with Crippen LogP contribution in [0.25, 0.3) is 0 Å². The van der Waals surface area contributed by atoms with Crippen LogP contribution in [0.2, 0.25) is 36.3 Å². The number of allylic oxidation sites excluding steroid dienone is 2. The lowest BCUT2D eigenvalue weighted by Gasteiger charge is -2.43. The van der Waals surface area contributed by atoms with E-state index in [0.717, 1.165) is 25.7 Å². The van der Waals surface area contributed by atoms with Gasteiger partial charge in [-0.15, -0.1) is 0 Å². The van der Waals surface area contributed by atoms with Crippen LogP contribution in [0.15, 0.2) is 59.5 Å². The molecule has 1 aliphatic rings. The first-order chi connectivity index (χ1) is 26.6. The second-order valence-corrected chi connectivity index (χ2v) is 33.0. The van der Waals surface area contributed by atoms with Crippen LogP contribution in [0.4, 0.5) is 4.79 Å². The van der Waals surface area contributed by atoms with Crippen LogP contribution in [0, 0.1) is 5.92 Å². The molecule has 5 atom stereocenters. The molecule has 15 heteroatoms. The number of unbranched alkanes of at least 4 members (excludes halogenated alkanes) is 3. The van der Waals surface area contributed by atoms with Gasteiger partial charge in [0.05, 0.1) is 30.3 Å². The molecule has 9 nitrogen and oxygen atoms in total. The molecule has 1 fully saturated rings. The van der Waals surface area contributed by atoms with Crippen LogP contribution in [0.1, 0.15) is 106 Å². The van der Waals surface area contributed by atoms with Gasteiger partial charge >= 0.3 is 12.1 Å². The van der Waals surface area contributed by atoms with Crippen molar-refractivity contribution in [2.24, 2.45) is 5.92 Å². The lowest BCUT2D eigenvalue weighted by Crippen LogP contribution is -2.57. The highest BCUT2D eigenvalue weighted by atomic mass is 35.6. The average Bonchev–Trinajstić information content (AvgIpc) is 3.42. The van der Waals surface area contributed by atoms with Gasteiger partial charge in [0.15, 0.2) is 26.5 Å². The average molecular weight is 926 g/mol. The van der Waals surface area contributed by atoms with Gasteiger partial charge in [-0.2, -0.15) is 0 Å². The summed E-state index contributed by atoms with van der Waals surface area (Å²) in [5.74, 6) is -1.05. The number of hydrogen-bond donors (Lipinski definition) is 0. The van der Waals surface area contributed by atoms with Crippen molar-refractivity contribution in [1.29, 1.82) is 0 Å². The van der Waals surface area contributed by atoms with E-state index in [1.165, 1.54) is 12.0 Å². The maximum absolute atomic E-state index is 15.8. The molecule has 0 spiro atoms. The second-order valence-electron chi connectivity index (χ2n) is 18.7. The van der Waals surface area contributed by atoms with Gasteiger partial charge in [-0.1, -0.05) is 145 Å². The van der Waals surface area contributed by atoms with E-state index < -0.39 is 65.8 Å². The first-order valence-corrected chi connectivity index (χ1v) is 29.0. The topological polar surface area (TPSA) is 108 Å². The fourth-order valence-corrected chi connectivity index (χ4v) is 12.2. The summed E-state index contributed by atoms with van der Waals surface area (Å²) in [6.07, 6.45) is 11.5. The molecule has 0 aliphatic heterocycles. The van der Waals surface area contributed by atoms with Crippen LogP contribution in [-0.4, -0.2) is 89.6 Å². The van der Waals surface area contributed by atoms with E-state index in [4.69, 9.17) is 53.1 Å². The fraction of sp³-hybridized carbons (Fsp3) is 0.721. The molecule has 0 saturated heterocycles. The van der Waals surface area contributed by atoms with Gasteiger partial charge in [-0.3, -0.25) is 4.79 Å². The lowest BCUT2D eigenvalue weighted by molar-refractivity contribution is -0.140. The number of methoxy groups -OCH3 is 1. The third kappa shape index (κ3) is 14.1. The monoisotopic (exact) mass is 923 g/mol. The maximum atomic E-state index is 15.8. The lowest BCUT2D eigenvalue weighted by atomic mass is 9.86. The van der Waals surface area contributed by atoms with Gasteiger partial charge in [0.1, 0.15) is 11.4 Å². The molecule has 1 amide bonds. The van der Waals surface area contributed by atoms with Gasteiger partial charge in [0, 0.05) is 19.4 Å². The molecule has 58 heavy (non-hydrogen) atoms. The number of rotatable bonds is 20. The normalized spacial score (nSPS) is 21.8. The Balaban J connectivity index is 3.05. The van der Waals surface area contributed by atoms with Gasteiger partial charge in [-0.05, 0) is 80.5 Å². The SMILES string of the molecule is CCCCC[C@@H](/C=C/[C@H]1[C@H](O[Si](C)(C)C(C)(C)C)C[C@H](N(C)C(=O)OCC(Cl)(Cl)Cl)[C@@]1(C/C=C\CCCC(=O)OC)S(=O)(=O)c1ccccc1)O[Si](C)(C)C(C)(C)C. The van der Waals surface area contributed by atoms with Crippen molar-refractivity contribution in [3.05, 3.63) is 54.6 Å². The molecule has 0 radical (unpaired) electrons. The molecule has 1 aromatic rings. The Morgan fingerprint density at radius 3 is 2.09 bits per heavy atom. The van der Waals surface area contributed by atoms with Crippen molar-refractivity contribution in [2.45, 2.75) is 174 Å². The summed E-state index contributed by atoms with van der Waals surface area (Å²) >= 11 is 18.0. The molecule has 1 saturated carbocycles. The Morgan fingerprint density at radius 2 is 1.55 bits per heavy atom. The minimum absolute atomic E-state index is 0.0329. The molecular weight excluding hydrogens is 853 g/mol. The molecule has 1 aromatic carbocycles. The van der Waals surface area contributed by atoms with E-state index in [9.17, 15) is 9.59 Å². The zero-order chi connectivity index (χ0) is 44.4. The number of halogens is 3. The number of nitrogens with zero attached hydrogens (tertiary/aromatic N) is 1. The van der Waals surface area contributed by atoms with E-state index in [2.05, 4.69) is 80.7 Å². The number of amides is 1. The Labute approximate surface area is 368 Å². The van der Waals surface area contributed by atoms with Gasteiger partial charge < -0.3 is 23.2 Å². The largest absolute Gasteiger partial charge is 0.469 e. The van der Waals surface area contributed by atoms with Gasteiger partial charge in [0.25, 0.3) is 0 Å². The summed E-state index contributed by atoms with van der Waals surface area (Å²) in [6, 6.07) is 7.46. The highest BCUT2D eigenvalue weighted by Crippen LogP contribution is 2.53. The molecule has 2 rings (SSSR count).